The summed E-state index contributed by atoms with van der Waals surface area (Å²) in [5, 5.41) is 12.3. The van der Waals surface area contributed by atoms with Crippen LogP contribution in [0.2, 0.25) is 0 Å². The molecule has 0 aliphatic heterocycles. The van der Waals surface area contributed by atoms with Crippen LogP contribution in [0.5, 0.6) is 11.5 Å². The van der Waals surface area contributed by atoms with Gasteiger partial charge in [-0.1, -0.05) is 84.9 Å². The fraction of sp³-hybridized carbons (Fsp3) is 0.127. The van der Waals surface area contributed by atoms with Crippen LogP contribution in [0.25, 0.3) is 11.0 Å². The van der Waals surface area contributed by atoms with Gasteiger partial charge in [-0.3, -0.25) is 33.6 Å². The van der Waals surface area contributed by atoms with E-state index in [1.165, 1.54) is 69.6 Å². The van der Waals surface area contributed by atoms with E-state index in [4.69, 9.17) is 18.9 Å². The number of aliphatic imine (C=N–C) groups is 1. The number of ether oxygens (including phenoxy) is 5. The minimum atomic E-state index is -5.31. The van der Waals surface area contributed by atoms with Gasteiger partial charge in [0.05, 0.1) is 63.0 Å². The summed E-state index contributed by atoms with van der Waals surface area (Å²) in [6.07, 6.45) is -7.15. The number of carbonyl (C=O) groups is 9. The number of ketones is 2. The maximum absolute atomic E-state index is 14.4. The van der Waals surface area contributed by atoms with Gasteiger partial charge >= 0.3 is 30.4 Å². The Hall–Kier alpha value is -12.9. The van der Waals surface area contributed by atoms with Crippen molar-refractivity contribution in [1.29, 1.82) is 0 Å². The van der Waals surface area contributed by atoms with Crippen LogP contribution in [-0.2, 0) is 41.8 Å². The van der Waals surface area contributed by atoms with Gasteiger partial charge in [0.25, 0.3) is 23.6 Å². The maximum atomic E-state index is 14.4. The van der Waals surface area contributed by atoms with Crippen LogP contribution in [0.3, 0.4) is 0 Å². The highest BCUT2D eigenvalue weighted by Gasteiger charge is 2.40. The summed E-state index contributed by atoms with van der Waals surface area (Å²) < 4.78 is 107. The van der Waals surface area contributed by atoms with Crippen LogP contribution in [-0.4, -0.2) is 101 Å². The molecule has 10 aromatic rings. The first-order valence-corrected chi connectivity index (χ1v) is 29.7. The third kappa shape index (κ3) is 17.0. The first-order valence-electron chi connectivity index (χ1n) is 29.7. The van der Waals surface area contributed by atoms with Crippen LogP contribution in [0.4, 0.5) is 49.1 Å². The van der Waals surface area contributed by atoms with Crippen LogP contribution >= 0.6 is 0 Å². The number of rotatable bonds is 25. The zero-order valence-corrected chi connectivity index (χ0v) is 51.9. The van der Waals surface area contributed by atoms with Crippen molar-refractivity contribution in [2.45, 2.75) is 39.6 Å². The molecule has 0 radical (unpaired) electrons. The predicted octanol–water partition coefficient (Wildman–Crippen LogP) is 11.8. The lowest BCUT2D eigenvalue weighted by Gasteiger charge is -2.14. The number of hydrogen-bond acceptors (Lipinski definition) is 15. The van der Waals surface area contributed by atoms with E-state index in [1.807, 2.05) is 0 Å². The van der Waals surface area contributed by atoms with Gasteiger partial charge in [-0.25, -0.2) is 14.6 Å². The Bertz CT molecular complexity index is 4820. The van der Waals surface area contributed by atoms with Gasteiger partial charge in [0.1, 0.15) is 24.7 Å². The zero-order chi connectivity index (χ0) is 70.5. The molecule has 10 rings (SSSR count). The van der Waals surface area contributed by atoms with Crippen molar-refractivity contribution in [3.05, 3.63) is 261 Å². The summed E-state index contributed by atoms with van der Waals surface area (Å²) in [7, 11) is 0. The fourth-order valence-corrected chi connectivity index (χ4v) is 10.1. The number of hydrogen-bond donors (Lipinski definition) is 5. The van der Waals surface area contributed by atoms with Crippen molar-refractivity contribution >= 4 is 93.2 Å². The van der Waals surface area contributed by atoms with Crippen molar-refractivity contribution < 1.29 is 93.2 Å². The summed E-state index contributed by atoms with van der Waals surface area (Å²) in [4.78, 5) is 125. The number of pyridine rings is 2. The summed E-state index contributed by atoms with van der Waals surface area (Å²) in [6.45, 7) is 1.17. The van der Waals surface area contributed by atoms with E-state index < -0.39 is 90.0 Å². The molecule has 504 valence electrons. The minimum Gasteiger partial charge on any atom is -0.484 e. The number of esters is 2. The van der Waals surface area contributed by atoms with Crippen LogP contribution in [0.1, 0.15) is 95.8 Å². The normalized spacial score (nSPS) is 11.4. The number of benzene rings is 6. The molecule has 0 spiro atoms. The van der Waals surface area contributed by atoms with E-state index in [9.17, 15) is 69.5 Å². The first kappa shape index (κ1) is 69.0. The molecule has 4 heterocycles. The fourth-order valence-electron chi connectivity index (χ4n) is 10.1. The van der Waals surface area contributed by atoms with Crippen LogP contribution in [0, 0.1) is 13.8 Å². The average molecular weight is 1360 g/mol. The summed E-state index contributed by atoms with van der Waals surface area (Å²) in [5.74, 6) is -8.30. The Balaban J connectivity index is 0.725. The highest BCUT2D eigenvalue weighted by molar-refractivity contribution is 6.17. The molecule has 0 fully saturated rings. The van der Waals surface area contributed by atoms with E-state index in [-0.39, 0.29) is 99.6 Å². The Labute approximate surface area is 557 Å². The Morgan fingerprint density at radius 3 is 1.41 bits per heavy atom. The van der Waals surface area contributed by atoms with Gasteiger partial charge in [-0.2, -0.15) is 13.2 Å². The van der Waals surface area contributed by atoms with Gasteiger partial charge < -0.3 is 59.1 Å². The molecule has 6 aromatic carbocycles. The molecule has 0 aliphatic rings. The molecule has 0 saturated heterocycles. The van der Waals surface area contributed by atoms with Gasteiger partial charge in [-0.15, -0.1) is 13.2 Å². The second-order valence-corrected chi connectivity index (χ2v) is 21.6. The summed E-state index contributed by atoms with van der Waals surface area (Å²) in [5.41, 5.74) is 1.16. The molecule has 0 unspecified atom stereocenters. The number of alkyl halides is 6. The molecule has 5 N–H and O–H groups in total. The monoisotopic (exact) mass is 1360 g/mol. The van der Waals surface area contributed by atoms with Gasteiger partial charge in [0.2, 0.25) is 11.6 Å². The highest BCUT2D eigenvalue weighted by atomic mass is 19.4. The largest absolute Gasteiger partial charge is 0.573 e. The van der Waals surface area contributed by atoms with Gasteiger partial charge in [0.15, 0.2) is 19.6 Å². The van der Waals surface area contributed by atoms with E-state index in [0.717, 1.165) is 30.3 Å². The number of anilines is 3. The van der Waals surface area contributed by atoms with Crippen LogP contribution in [0.15, 0.2) is 199 Å². The molecule has 0 aliphatic carbocycles. The van der Waals surface area contributed by atoms with Crippen molar-refractivity contribution in [1.82, 2.24) is 19.4 Å². The molecule has 4 aromatic heterocycles. The lowest BCUT2D eigenvalue weighted by molar-refractivity contribution is -0.280. The number of nitrogens with zero attached hydrogens (tertiary/aromatic N) is 3. The molecule has 22 nitrogen and oxygen atoms in total. The Morgan fingerprint density at radius 1 is 0.485 bits per heavy atom. The van der Waals surface area contributed by atoms with Crippen molar-refractivity contribution in [3.63, 3.8) is 0 Å². The van der Waals surface area contributed by atoms with Gasteiger partial charge in [0, 0.05) is 45.8 Å². The maximum Gasteiger partial charge on any atom is 0.573 e. The number of aromatic nitrogens is 2. The quantitative estimate of drug-likeness (QED) is 0.00889. The summed E-state index contributed by atoms with van der Waals surface area (Å²) >= 11 is 0. The van der Waals surface area contributed by atoms with E-state index in [2.05, 4.69) is 31.0 Å². The zero-order valence-electron chi connectivity index (χ0n) is 51.9. The number of carbonyl (C=O) groups excluding carboxylic acids is 9. The highest BCUT2D eigenvalue weighted by Crippen LogP contribution is 2.35. The standard InChI is InChI=1S/C71H54F6N8O14/c1-41-59(55-23-9-11-29-84(55)61(41)63(88)45-25-27-53(80-40-99-71(75,76)77)51(33-45)67(92)97-35-43-15-5-3-6-16-43)82-65(90)47-19-13-21-49(31-47)95-37-57(86)78-39-79-58(87)38-96-50-22-14-20-48(32-50)66(91)83-60-42(2)62(85-30-12-10-24-56(60)85)64(89)46-26-28-54(81-69(94)70(72,73)74)52(34-46)68(93)98-36-44-17-7-4-8-18-44/h3-34,40H,35-39H2,1-2H3,(H,78,86)(H,79,87)(H,81,94)(H,82,90)(H,83,91)/b80-40-. The van der Waals surface area contributed by atoms with Crippen molar-refractivity contribution in [3.8, 4) is 11.5 Å². The SMILES string of the molecule is Cc1c(NC(=O)c2cccc(OCC(=O)NCNC(=O)COc3cccc(C(=O)Nc4c(C)c(C(=O)c5ccc(NC(=O)C(F)(F)F)c(C(=O)OCc6ccccc6)c5)n5ccccc45)c3)c2)c2ccccn2c1C(=O)c1ccc(/N=C\OC(F)(F)F)c(C(=O)OCc2ccccc2)c1. The Morgan fingerprint density at radius 2 is 0.939 bits per heavy atom. The third-order valence-corrected chi connectivity index (χ3v) is 14.9. The van der Waals surface area contributed by atoms with Crippen LogP contribution < -0.4 is 36.1 Å². The van der Waals surface area contributed by atoms with E-state index in [1.54, 1.807) is 122 Å². The van der Waals surface area contributed by atoms with E-state index >= 15 is 0 Å². The molecule has 0 saturated carbocycles. The number of fused-ring (bicyclic) bond motifs is 2. The average Bonchev–Trinajstić information content (AvgIpc) is 1.62. The molecular weight excluding hydrogens is 1300 g/mol. The Kier molecular flexibility index (Phi) is 21.1. The second-order valence-electron chi connectivity index (χ2n) is 21.6. The number of halogens is 6. The van der Waals surface area contributed by atoms with Crippen molar-refractivity contribution in [2.75, 3.05) is 35.8 Å². The molecule has 0 bridgehead atoms. The molecule has 0 atom stereocenters. The summed E-state index contributed by atoms with van der Waals surface area (Å²) in [6, 6.07) is 45.1. The third-order valence-electron chi connectivity index (χ3n) is 14.9. The minimum absolute atomic E-state index is 0.00907. The lowest BCUT2D eigenvalue weighted by Crippen LogP contribution is -2.41. The predicted molar refractivity (Wildman–Crippen MR) is 346 cm³/mol. The smallest absolute Gasteiger partial charge is 0.484 e. The second kappa shape index (κ2) is 30.2. The first-order chi connectivity index (χ1) is 47.4. The molecule has 5 amide bonds. The molecule has 28 heteroatoms. The molecular formula is C71H54F6N8O14. The van der Waals surface area contributed by atoms with Gasteiger partial charge in [-0.05, 0) is 122 Å². The van der Waals surface area contributed by atoms with E-state index in [0.29, 0.717) is 27.7 Å². The topological polar surface area (TPSA) is 281 Å². The lowest BCUT2D eigenvalue weighted by atomic mass is 10.0. The number of nitrogens with one attached hydrogen (secondary N) is 5. The molecule has 99 heavy (non-hydrogen) atoms. The number of amides is 5. The van der Waals surface area contributed by atoms with Crippen molar-refractivity contribution in [2.24, 2.45) is 4.99 Å².